The van der Waals surface area contributed by atoms with Gasteiger partial charge in [0.15, 0.2) is 4.90 Å². The summed E-state index contributed by atoms with van der Waals surface area (Å²) >= 11 is 0. The first kappa shape index (κ1) is 15.2. The molecular weight excluding hydrogens is 304 g/mol. The number of hydrogen-bond donors (Lipinski definition) is 0. The van der Waals surface area contributed by atoms with Gasteiger partial charge in [-0.2, -0.15) is 4.31 Å². The lowest BCUT2D eigenvalue weighted by Gasteiger charge is -2.28. The third-order valence-electron chi connectivity index (χ3n) is 4.58. The van der Waals surface area contributed by atoms with Crippen LogP contribution in [0.4, 0.5) is 5.69 Å². The van der Waals surface area contributed by atoms with Crippen molar-refractivity contribution in [3.8, 4) is 0 Å². The van der Waals surface area contributed by atoms with Crippen LogP contribution in [0.2, 0.25) is 0 Å². The highest BCUT2D eigenvalue weighted by atomic mass is 32.2. The summed E-state index contributed by atoms with van der Waals surface area (Å²) in [6, 6.07) is 5.48. The Morgan fingerprint density at radius 1 is 1.32 bits per heavy atom. The van der Waals surface area contributed by atoms with E-state index in [1.165, 1.54) is 28.6 Å². The SMILES string of the molecule is C[C@H]1CN(S(=O)(=O)c2ccccc2[N+](=O)[O-])[C@@H]2CCC=C[C@@H]21. The number of fused-ring (bicyclic) bond motifs is 1. The van der Waals surface area contributed by atoms with E-state index in [2.05, 4.69) is 12.2 Å². The van der Waals surface area contributed by atoms with Crippen molar-refractivity contribution in [1.82, 2.24) is 4.31 Å². The van der Waals surface area contributed by atoms with E-state index in [1.54, 1.807) is 0 Å². The van der Waals surface area contributed by atoms with Crippen LogP contribution in [0.5, 0.6) is 0 Å². The van der Waals surface area contributed by atoms with Gasteiger partial charge < -0.3 is 0 Å². The molecule has 0 aromatic heterocycles. The number of nitro benzene ring substituents is 1. The van der Waals surface area contributed by atoms with E-state index in [1.807, 2.05) is 6.92 Å². The Morgan fingerprint density at radius 2 is 2.05 bits per heavy atom. The van der Waals surface area contributed by atoms with Crippen molar-refractivity contribution in [2.75, 3.05) is 6.54 Å². The molecule has 2 aliphatic rings. The maximum absolute atomic E-state index is 13.0. The van der Waals surface area contributed by atoms with Crippen LogP contribution in [0.15, 0.2) is 41.3 Å². The van der Waals surface area contributed by atoms with Crippen LogP contribution < -0.4 is 0 Å². The zero-order valence-corrected chi connectivity index (χ0v) is 13.1. The number of nitrogens with zero attached hydrogens (tertiary/aromatic N) is 2. The summed E-state index contributed by atoms with van der Waals surface area (Å²) < 4.78 is 27.4. The second-order valence-corrected chi connectivity index (χ2v) is 7.79. The van der Waals surface area contributed by atoms with Gasteiger partial charge in [-0.25, -0.2) is 8.42 Å². The number of allylic oxidation sites excluding steroid dienone is 1. The minimum Gasteiger partial charge on any atom is -0.258 e. The molecule has 3 atom stereocenters. The van der Waals surface area contributed by atoms with Crippen molar-refractivity contribution in [2.45, 2.75) is 30.7 Å². The summed E-state index contributed by atoms with van der Waals surface area (Å²) in [6.07, 6.45) is 5.80. The summed E-state index contributed by atoms with van der Waals surface area (Å²) in [5.41, 5.74) is -0.357. The summed E-state index contributed by atoms with van der Waals surface area (Å²) in [4.78, 5) is 10.3. The smallest absolute Gasteiger partial charge is 0.258 e. The number of nitro groups is 1. The minimum absolute atomic E-state index is 0.0928. The predicted octanol–water partition coefficient (Wildman–Crippen LogP) is 2.57. The first-order chi connectivity index (χ1) is 10.4. The lowest BCUT2D eigenvalue weighted by Crippen LogP contribution is -2.38. The molecule has 0 radical (unpaired) electrons. The molecule has 1 fully saturated rings. The Balaban J connectivity index is 2.04. The van der Waals surface area contributed by atoms with Gasteiger partial charge in [-0.05, 0) is 30.7 Å². The van der Waals surface area contributed by atoms with Crippen LogP contribution in [-0.4, -0.2) is 30.2 Å². The molecule has 1 aromatic rings. The predicted molar refractivity (Wildman–Crippen MR) is 81.8 cm³/mol. The molecule has 3 rings (SSSR count). The number of para-hydroxylation sites is 1. The van der Waals surface area contributed by atoms with Gasteiger partial charge in [-0.1, -0.05) is 31.2 Å². The molecule has 7 heteroatoms. The minimum atomic E-state index is -3.86. The third kappa shape index (κ3) is 2.34. The van der Waals surface area contributed by atoms with Crippen LogP contribution in [0.1, 0.15) is 19.8 Å². The van der Waals surface area contributed by atoms with Crippen molar-refractivity contribution in [3.63, 3.8) is 0 Å². The second-order valence-electron chi connectivity index (χ2n) is 5.93. The molecule has 1 saturated heterocycles. The van der Waals surface area contributed by atoms with Gasteiger partial charge in [0, 0.05) is 18.7 Å². The van der Waals surface area contributed by atoms with Gasteiger partial charge in [0.05, 0.1) is 4.92 Å². The highest BCUT2D eigenvalue weighted by Crippen LogP contribution is 2.40. The van der Waals surface area contributed by atoms with Gasteiger partial charge in [0.2, 0.25) is 10.0 Å². The molecular formula is C15H18N2O4S. The Bertz CT molecular complexity index is 729. The summed E-state index contributed by atoms with van der Waals surface area (Å²) in [6.45, 7) is 2.44. The Morgan fingerprint density at radius 3 is 2.77 bits per heavy atom. The average Bonchev–Trinajstić information content (AvgIpc) is 2.86. The van der Waals surface area contributed by atoms with Gasteiger partial charge >= 0.3 is 0 Å². The van der Waals surface area contributed by atoms with Crippen molar-refractivity contribution in [1.29, 1.82) is 0 Å². The maximum atomic E-state index is 13.0. The quantitative estimate of drug-likeness (QED) is 0.486. The molecule has 0 saturated carbocycles. The highest BCUT2D eigenvalue weighted by molar-refractivity contribution is 7.89. The molecule has 1 aromatic carbocycles. The van der Waals surface area contributed by atoms with Crippen LogP contribution in [-0.2, 0) is 10.0 Å². The Labute approximate surface area is 129 Å². The van der Waals surface area contributed by atoms with E-state index < -0.39 is 14.9 Å². The monoisotopic (exact) mass is 322 g/mol. The second kappa shape index (κ2) is 5.48. The van der Waals surface area contributed by atoms with Crippen molar-refractivity contribution in [2.24, 2.45) is 11.8 Å². The molecule has 0 bridgehead atoms. The summed E-state index contributed by atoms with van der Waals surface area (Å²) in [5, 5.41) is 11.1. The number of sulfonamides is 1. The molecule has 118 valence electrons. The number of hydrogen-bond acceptors (Lipinski definition) is 4. The van der Waals surface area contributed by atoms with Gasteiger partial charge in [0.25, 0.3) is 5.69 Å². The number of benzene rings is 1. The molecule has 22 heavy (non-hydrogen) atoms. The molecule has 1 aliphatic heterocycles. The van der Waals surface area contributed by atoms with Crippen molar-refractivity contribution < 1.29 is 13.3 Å². The zero-order valence-electron chi connectivity index (χ0n) is 12.3. The van der Waals surface area contributed by atoms with Gasteiger partial charge in [0.1, 0.15) is 0 Å². The normalized spacial score (nSPS) is 28.5. The van der Waals surface area contributed by atoms with Crippen LogP contribution in [0, 0.1) is 22.0 Å². The van der Waals surface area contributed by atoms with Crippen LogP contribution in [0.3, 0.4) is 0 Å². The van der Waals surface area contributed by atoms with Crippen LogP contribution in [0.25, 0.3) is 0 Å². The van der Waals surface area contributed by atoms with E-state index in [4.69, 9.17) is 0 Å². The highest BCUT2D eigenvalue weighted by Gasteiger charge is 2.46. The first-order valence-corrected chi connectivity index (χ1v) is 8.79. The Hall–Kier alpha value is -1.73. The van der Waals surface area contributed by atoms with Crippen LogP contribution >= 0.6 is 0 Å². The third-order valence-corrected chi connectivity index (χ3v) is 6.51. The fourth-order valence-electron chi connectivity index (χ4n) is 3.52. The topological polar surface area (TPSA) is 80.5 Å². The molecule has 0 N–H and O–H groups in total. The summed E-state index contributed by atoms with van der Waals surface area (Å²) in [5.74, 6) is 0.422. The van der Waals surface area contributed by atoms with E-state index in [9.17, 15) is 18.5 Å². The number of rotatable bonds is 3. The van der Waals surface area contributed by atoms with Crippen molar-refractivity contribution >= 4 is 15.7 Å². The average molecular weight is 322 g/mol. The van der Waals surface area contributed by atoms with Gasteiger partial charge in [-0.15, -0.1) is 0 Å². The Kier molecular flexibility index (Phi) is 3.78. The molecule has 1 heterocycles. The maximum Gasteiger partial charge on any atom is 0.289 e. The lowest BCUT2D eigenvalue weighted by molar-refractivity contribution is -0.387. The fourth-order valence-corrected chi connectivity index (χ4v) is 5.46. The molecule has 0 amide bonds. The molecule has 0 unspecified atom stereocenters. The fraction of sp³-hybridized carbons (Fsp3) is 0.467. The van der Waals surface area contributed by atoms with E-state index in [0.29, 0.717) is 6.54 Å². The standard InChI is InChI=1S/C15H18N2O4S/c1-11-10-16(13-7-3-2-6-12(11)13)22(20,21)15-9-5-4-8-14(15)17(18)19/h2,4-6,8-9,11-13H,3,7,10H2,1H3/t11-,12+,13+/m0/s1. The molecule has 6 nitrogen and oxygen atoms in total. The zero-order chi connectivity index (χ0) is 15.9. The largest absolute Gasteiger partial charge is 0.289 e. The molecule has 0 spiro atoms. The van der Waals surface area contributed by atoms with E-state index >= 15 is 0 Å². The summed E-state index contributed by atoms with van der Waals surface area (Å²) in [7, 11) is -3.86. The first-order valence-electron chi connectivity index (χ1n) is 7.35. The van der Waals surface area contributed by atoms with Gasteiger partial charge in [-0.3, -0.25) is 10.1 Å². The van der Waals surface area contributed by atoms with Crippen molar-refractivity contribution in [3.05, 3.63) is 46.5 Å². The van der Waals surface area contributed by atoms with E-state index in [0.717, 1.165) is 12.8 Å². The lowest BCUT2D eigenvalue weighted by atomic mass is 9.86. The van der Waals surface area contributed by atoms with E-state index in [-0.39, 0.29) is 28.5 Å². The molecule has 1 aliphatic carbocycles.